The number of nitrogens with one attached hydrogen (secondary N) is 1. The van der Waals surface area contributed by atoms with Gasteiger partial charge in [-0.25, -0.2) is 0 Å². The maximum Gasteiger partial charge on any atom is 0.262 e. The molecule has 2 aromatic carbocycles. The Kier molecular flexibility index (Phi) is 7.08. The molecule has 0 unspecified atom stereocenters. The third-order valence-corrected chi connectivity index (χ3v) is 4.89. The first-order valence-corrected chi connectivity index (χ1v) is 10.0. The predicted molar refractivity (Wildman–Crippen MR) is 123 cm³/mol. The molecule has 0 saturated carbocycles. The molecule has 0 fully saturated rings. The summed E-state index contributed by atoms with van der Waals surface area (Å²) in [7, 11) is 0. The highest BCUT2D eigenvalue weighted by Gasteiger charge is 2.14. The second kappa shape index (κ2) is 10.1. The minimum atomic E-state index is -0.389. The van der Waals surface area contributed by atoms with E-state index in [2.05, 4.69) is 16.5 Å². The fraction of sp³-hybridized carbons (Fsp3) is 0.154. The lowest BCUT2D eigenvalue weighted by molar-refractivity contribution is -0.117. The Morgan fingerprint density at radius 1 is 1.16 bits per heavy atom. The van der Waals surface area contributed by atoms with E-state index in [1.54, 1.807) is 12.2 Å². The summed E-state index contributed by atoms with van der Waals surface area (Å²) in [5, 5.41) is 12.3. The fourth-order valence-electron chi connectivity index (χ4n) is 3.36. The van der Waals surface area contributed by atoms with E-state index in [4.69, 9.17) is 4.74 Å². The molecule has 3 aromatic rings. The molecule has 0 spiro atoms. The quantitative estimate of drug-likeness (QED) is 0.326. The molecule has 0 radical (unpaired) electrons. The number of ether oxygens (including phenoxy) is 1. The van der Waals surface area contributed by atoms with E-state index in [-0.39, 0.29) is 11.5 Å². The van der Waals surface area contributed by atoms with Crippen molar-refractivity contribution in [1.29, 1.82) is 5.26 Å². The lowest BCUT2D eigenvalue weighted by Gasteiger charge is -2.11. The van der Waals surface area contributed by atoms with Gasteiger partial charge in [0.15, 0.2) is 0 Å². The number of nitrogens with zero attached hydrogens (tertiary/aromatic N) is 2. The summed E-state index contributed by atoms with van der Waals surface area (Å²) < 4.78 is 7.63. The van der Waals surface area contributed by atoms with Gasteiger partial charge in [-0.2, -0.15) is 5.26 Å². The van der Waals surface area contributed by atoms with Crippen LogP contribution in [-0.2, 0) is 11.3 Å². The summed E-state index contributed by atoms with van der Waals surface area (Å²) in [6.07, 6.45) is 3.34. The topological polar surface area (TPSA) is 67.0 Å². The molecular formula is C26H25N3O2. The highest BCUT2D eigenvalue weighted by Crippen LogP contribution is 2.24. The van der Waals surface area contributed by atoms with E-state index in [1.807, 2.05) is 80.6 Å². The minimum absolute atomic E-state index is 0.0735. The van der Waals surface area contributed by atoms with Gasteiger partial charge in [-0.15, -0.1) is 0 Å². The van der Waals surface area contributed by atoms with Crippen LogP contribution in [0.3, 0.4) is 0 Å². The lowest BCUT2D eigenvalue weighted by Crippen LogP contribution is -2.23. The van der Waals surface area contributed by atoms with Crippen LogP contribution in [-0.4, -0.2) is 17.1 Å². The molecule has 0 aliphatic carbocycles. The maximum absolute atomic E-state index is 12.5. The number of nitriles is 1. The molecule has 0 saturated heterocycles. The smallest absolute Gasteiger partial charge is 0.262 e. The Morgan fingerprint density at radius 3 is 2.52 bits per heavy atom. The summed E-state index contributed by atoms with van der Waals surface area (Å²) in [6.45, 7) is 8.45. The molecule has 31 heavy (non-hydrogen) atoms. The molecule has 3 rings (SSSR count). The van der Waals surface area contributed by atoms with Gasteiger partial charge in [0.25, 0.3) is 5.91 Å². The molecule has 0 aliphatic rings. The lowest BCUT2D eigenvalue weighted by atomic mass is 10.1. The van der Waals surface area contributed by atoms with E-state index in [0.717, 1.165) is 34.0 Å². The number of carbonyl (C=O) groups excluding carboxylic acids is 1. The second-order valence-electron chi connectivity index (χ2n) is 7.09. The van der Waals surface area contributed by atoms with Crippen LogP contribution in [0.1, 0.15) is 22.5 Å². The van der Waals surface area contributed by atoms with Crippen LogP contribution in [0.25, 0.3) is 11.8 Å². The molecule has 156 valence electrons. The Labute approximate surface area is 182 Å². The van der Waals surface area contributed by atoms with Crippen LogP contribution in [0.4, 0.5) is 0 Å². The third kappa shape index (κ3) is 5.31. The van der Waals surface area contributed by atoms with Gasteiger partial charge in [0.05, 0.1) is 0 Å². The second-order valence-corrected chi connectivity index (χ2v) is 7.09. The standard InChI is InChI=1S/C26H25N3O2/c1-4-14-31-25-12-10-24(11-13-25)29-19(2)15-22(20(29)3)16-23(17-27)26(30)28-18-21-8-6-5-7-9-21/h4-13,15-16H,1,14,18H2,2-3H3,(H,28,30)/b23-16-. The first-order valence-electron chi connectivity index (χ1n) is 10.0. The van der Waals surface area contributed by atoms with Crippen LogP contribution in [0.5, 0.6) is 5.75 Å². The number of amides is 1. The van der Waals surface area contributed by atoms with Crippen LogP contribution in [0.15, 0.2) is 78.9 Å². The number of rotatable bonds is 8. The van der Waals surface area contributed by atoms with Gasteiger partial charge < -0.3 is 14.6 Å². The van der Waals surface area contributed by atoms with E-state index in [1.165, 1.54) is 0 Å². The van der Waals surface area contributed by atoms with E-state index < -0.39 is 0 Å². The van der Waals surface area contributed by atoms with Crippen molar-refractivity contribution in [2.75, 3.05) is 6.61 Å². The van der Waals surface area contributed by atoms with E-state index in [9.17, 15) is 10.1 Å². The average molecular weight is 412 g/mol. The van der Waals surface area contributed by atoms with Crippen molar-refractivity contribution in [3.05, 3.63) is 101 Å². The molecule has 0 aliphatic heterocycles. The molecule has 0 bridgehead atoms. The number of aromatic nitrogens is 1. The average Bonchev–Trinajstić information content (AvgIpc) is 3.08. The van der Waals surface area contributed by atoms with Gasteiger partial charge in [0.1, 0.15) is 24.0 Å². The zero-order chi connectivity index (χ0) is 22.2. The molecule has 1 heterocycles. The first kappa shape index (κ1) is 21.7. The summed E-state index contributed by atoms with van der Waals surface area (Å²) >= 11 is 0. The van der Waals surface area contributed by atoms with E-state index in [0.29, 0.717) is 13.2 Å². The van der Waals surface area contributed by atoms with Crippen molar-refractivity contribution in [2.45, 2.75) is 20.4 Å². The van der Waals surface area contributed by atoms with Gasteiger partial charge in [0, 0.05) is 23.6 Å². The minimum Gasteiger partial charge on any atom is -0.490 e. The Balaban J connectivity index is 1.81. The molecular weight excluding hydrogens is 386 g/mol. The highest BCUT2D eigenvalue weighted by molar-refractivity contribution is 6.01. The van der Waals surface area contributed by atoms with E-state index >= 15 is 0 Å². The SMILES string of the molecule is C=CCOc1ccc(-n2c(C)cc(/C=C(/C#N)C(=O)NCc3ccccc3)c2C)cc1. The fourth-order valence-corrected chi connectivity index (χ4v) is 3.36. The predicted octanol–water partition coefficient (Wildman–Crippen LogP) is 4.88. The number of hydrogen-bond donors (Lipinski definition) is 1. The van der Waals surface area contributed by atoms with Crippen molar-refractivity contribution >= 4 is 12.0 Å². The van der Waals surface area contributed by atoms with Crippen molar-refractivity contribution in [2.24, 2.45) is 0 Å². The molecule has 5 nitrogen and oxygen atoms in total. The van der Waals surface area contributed by atoms with Crippen molar-refractivity contribution in [3.63, 3.8) is 0 Å². The molecule has 1 amide bonds. The van der Waals surface area contributed by atoms with Gasteiger partial charge in [-0.1, -0.05) is 43.0 Å². The normalized spacial score (nSPS) is 10.9. The van der Waals surface area contributed by atoms with Crippen LogP contribution in [0, 0.1) is 25.2 Å². The van der Waals surface area contributed by atoms with Crippen molar-refractivity contribution < 1.29 is 9.53 Å². The van der Waals surface area contributed by atoms with Crippen LogP contribution >= 0.6 is 0 Å². The Hall–Kier alpha value is -4.04. The van der Waals surface area contributed by atoms with Gasteiger partial charge in [-0.3, -0.25) is 4.79 Å². The van der Waals surface area contributed by atoms with Crippen molar-refractivity contribution in [1.82, 2.24) is 9.88 Å². The number of carbonyl (C=O) groups is 1. The molecule has 5 heteroatoms. The van der Waals surface area contributed by atoms with Crippen LogP contribution < -0.4 is 10.1 Å². The highest BCUT2D eigenvalue weighted by atomic mass is 16.5. The molecule has 1 N–H and O–H groups in total. The first-order chi connectivity index (χ1) is 15.0. The maximum atomic E-state index is 12.5. The summed E-state index contributed by atoms with van der Waals surface area (Å²) in [4.78, 5) is 12.5. The van der Waals surface area contributed by atoms with Crippen molar-refractivity contribution in [3.8, 4) is 17.5 Å². The van der Waals surface area contributed by atoms with Crippen LogP contribution in [0.2, 0.25) is 0 Å². The van der Waals surface area contributed by atoms with Gasteiger partial charge in [0.2, 0.25) is 0 Å². The summed E-state index contributed by atoms with van der Waals surface area (Å²) in [5.41, 5.74) is 4.81. The third-order valence-electron chi connectivity index (χ3n) is 4.89. The summed E-state index contributed by atoms with van der Waals surface area (Å²) in [5.74, 6) is 0.382. The Bertz CT molecular complexity index is 1130. The van der Waals surface area contributed by atoms with Gasteiger partial charge in [-0.05, 0) is 61.4 Å². The number of hydrogen-bond acceptors (Lipinski definition) is 3. The van der Waals surface area contributed by atoms with Gasteiger partial charge >= 0.3 is 0 Å². The molecule has 1 aromatic heterocycles. The number of aryl methyl sites for hydroxylation is 1. The Morgan fingerprint density at radius 2 is 1.87 bits per heavy atom. The molecule has 0 atom stereocenters. The monoisotopic (exact) mass is 411 g/mol. The zero-order valence-electron chi connectivity index (χ0n) is 17.8. The number of benzene rings is 2. The zero-order valence-corrected chi connectivity index (χ0v) is 17.8. The summed E-state index contributed by atoms with van der Waals surface area (Å²) in [6, 6.07) is 21.4. The largest absolute Gasteiger partial charge is 0.490 e.